The highest BCUT2D eigenvalue weighted by atomic mass is 16.5. The number of piperazine rings is 1. The summed E-state index contributed by atoms with van der Waals surface area (Å²) < 4.78 is 11.2. The van der Waals surface area contributed by atoms with E-state index in [9.17, 15) is 14.7 Å². The largest absolute Gasteiger partial charge is 0.486 e. The van der Waals surface area contributed by atoms with Gasteiger partial charge in [-0.15, -0.1) is 0 Å². The first-order chi connectivity index (χ1) is 21.3. The van der Waals surface area contributed by atoms with E-state index in [2.05, 4.69) is 20.5 Å². The Labute approximate surface area is 258 Å². The predicted octanol–water partition coefficient (Wildman–Crippen LogP) is 2.77. The number of ether oxygens (including phenoxy) is 1. The van der Waals surface area contributed by atoms with Crippen LogP contribution in [0.2, 0.25) is 0 Å². The van der Waals surface area contributed by atoms with Crippen molar-refractivity contribution in [2.45, 2.75) is 71.2 Å². The van der Waals surface area contributed by atoms with Crippen molar-refractivity contribution in [3.8, 4) is 5.75 Å². The molecular weight excluding hydrogens is 562 g/mol. The number of hydrogen-bond acceptors (Lipinski definition) is 10. The van der Waals surface area contributed by atoms with E-state index in [0.29, 0.717) is 80.3 Å². The predicted molar refractivity (Wildman–Crippen MR) is 167 cm³/mol. The van der Waals surface area contributed by atoms with Gasteiger partial charge in [0.05, 0.1) is 11.8 Å². The van der Waals surface area contributed by atoms with Gasteiger partial charge in [-0.25, -0.2) is 9.97 Å². The van der Waals surface area contributed by atoms with E-state index in [1.165, 1.54) is 12.8 Å². The van der Waals surface area contributed by atoms with Crippen molar-refractivity contribution in [2.75, 3.05) is 42.9 Å². The minimum absolute atomic E-state index is 0.0658. The van der Waals surface area contributed by atoms with Crippen LogP contribution in [-0.4, -0.2) is 76.7 Å². The lowest BCUT2D eigenvalue weighted by Crippen LogP contribution is -2.48. The fraction of sp³-hybridized carbons (Fsp3) is 0.500. The van der Waals surface area contributed by atoms with E-state index in [1.54, 1.807) is 19.1 Å². The smallest absolute Gasteiger partial charge is 0.251 e. The number of nitrogens with one attached hydrogen (secondary N) is 2. The Morgan fingerprint density at radius 3 is 2.61 bits per heavy atom. The summed E-state index contributed by atoms with van der Waals surface area (Å²) in [5.41, 5.74) is 9.25. The third-order valence-electron chi connectivity index (χ3n) is 8.44. The maximum Gasteiger partial charge on any atom is 0.251 e. The topological polar surface area (TPSA) is 159 Å². The average molecular weight is 606 g/mol. The van der Waals surface area contributed by atoms with Gasteiger partial charge in [-0.2, -0.15) is 0 Å². The molecule has 1 saturated heterocycles. The summed E-state index contributed by atoms with van der Waals surface area (Å²) >= 11 is 0. The highest BCUT2D eigenvalue weighted by Gasteiger charge is 2.23. The number of carbonyl (C=O) groups excluding carboxylic acids is 2. The fourth-order valence-corrected chi connectivity index (χ4v) is 5.37. The molecule has 3 heterocycles. The Balaban J connectivity index is 1.16. The Hall–Kier alpha value is -4.16. The highest BCUT2D eigenvalue weighted by molar-refractivity contribution is 5.95. The molecule has 0 spiro atoms. The van der Waals surface area contributed by atoms with Crippen molar-refractivity contribution in [1.29, 1.82) is 0 Å². The van der Waals surface area contributed by atoms with Crippen molar-refractivity contribution in [1.82, 2.24) is 20.2 Å². The molecule has 5 N–H and O–H groups in total. The van der Waals surface area contributed by atoms with E-state index in [0.717, 1.165) is 29.7 Å². The lowest BCUT2D eigenvalue weighted by atomic mass is 9.93. The first-order valence-electron chi connectivity index (χ1n) is 15.4. The number of hydrogen-bond donors (Lipinski definition) is 4. The number of benzene rings is 1. The van der Waals surface area contributed by atoms with Crippen molar-refractivity contribution in [2.24, 2.45) is 5.73 Å². The van der Waals surface area contributed by atoms with Crippen LogP contribution in [0.15, 0.2) is 41.1 Å². The Kier molecular flexibility index (Phi) is 10.3. The van der Waals surface area contributed by atoms with E-state index >= 15 is 0 Å². The number of rotatable bonds is 13. The second kappa shape index (κ2) is 14.5. The molecule has 236 valence electrons. The molecule has 2 amide bonds. The minimum atomic E-state index is -0.733. The standard InChI is InChI=1S/C32H43N7O5/c1-21-29(44-20-35-21)19-43-28-9-7-23(25(14-28)17-33)6-8-27(41)18-34-32(42)24-15-30(36-26-4-3-5-26)37-31(16-24)39-12-10-38(11-13-39)22(2)40/h7,9,14-16,20,26-27,41H,3-6,8,10-13,17-19,33H2,1-2H3,(H,34,42)(H,36,37)/t27-/m0/s1. The summed E-state index contributed by atoms with van der Waals surface area (Å²) in [7, 11) is 0. The van der Waals surface area contributed by atoms with Gasteiger partial charge >= 0.3 is 0 Å². The molecule has 2 aliphatic rings. The zero-order chi connectivity index (χ0) is 31.1. The number of nitrogens with zero attached hydrogens (tertiary/aromatic N) is 4. The number of amides is 2. The van der Waals surface area contributed by atoms with Gasteiger partial charge in [0, 0.05) is 57.8 Å². The third-order valence-corrected chi connectivity index (χ3v) is 8.44. The molecule has 0 unspecified atom stereocenters. The number of aliphatic hydroxyl groups is 1. The number of aliphatic hydroxyl groups excluding tert-OH is 1. The quantitative estimate of drug-likeness (QED) is 0.228. The molecule has 1 aliphatic carbocycles. The summed E-state index contributed by atoms with van der Waals surface area (Å²) in [5.74, 6) is 2.54. The van der Waals surface area contributed by atoms with Gasteiger partial charge in [0.25, 0.3) is 5.91 Å². The lowest BCUT2D eigenvalue weighted by molar-refractivity contribution is -0.129. The van der Waals surface area contributed by atoms with Gasteiger partial charge in [-0.3, -0.25) is 9.59 Å². The number of pyridine rings is 1. The van der Waals surface area contributed by atoms with Crippen LogP contribution < -0.4 is 26.0 Å². The zero-order valence-electron chi connectivity index (χ0n) is 25.6. The Morgan fingerprint density at radius 2 is 1.95 bits per heavy atom. The van der Waals surface area contributed by atoms with Crippen molar-refractivity contribution >= 4 is 23.5 Å². The van der Waals surface area contributed by atoms with Gasteiger partial charge in [0.1, 0.15) is 24.0 Å². The average Bonchev–Trinajstić information content (AvgIpc) is 3.43. The highest BCUT2D eigenvalue weighted by Crippen LogP contribution is 2.26. The molecule has 2 aromatic heterocycles. The van der Waals surface area contributed by atoms with Crippen LogP contribution in [0.5, 0.6) is 5.75 Å². The molecular formula is C32H43N7O5. The third kappa shape index (κ3) is 8.06. The van der Waals surface area contributed by atoms with Crippen LogP contribution in [0.25, 0.3) is 0 Å². The summed E-state index contributed by atoms with van der Waals surface area (Å²) in [6.07, 6.45) is 5.08. The van der Waals surface area contributed by atoms with Gasteiger partial charge in [0.2, 0.25) is 5.91 Å². The monoisotopic (exact) mass is 605 g/mol. The second-order valence-corrected chi connectivity index (χ2v) is 11.6. The number of nitrogens with two attached hydrogens (primary N) is 1. The molecule has 1 aliphatic heterocycles. The molecule has 1 atom stereocenters. The summed E-state index contributed by atoms with van der Waals surface area (Å²) in [4.78, 5) is 37.8. The Bertz CT molecular complexity index is 1430. The maximum atomic E-state index is 13.2. The molecule has 0 bridgehead atoms. The molecule has 12 nitrogen and oxygen atoms in total. The number of anilines is 2. The normalized spacial score (nSPS) is 15.9. The number of carbonyl (C=O) groups is 2. The van der Waals surface area contributed by atoms with E-state index < -0.39 is 6.10 Å². The number of aromatic nitrogens is 2. The van der Waals surface area contributed by atoms with Crippen molar-refractivity contribution < 1.29 is 23.8 Å². The summed E-state index contributed by atoms with van der Waals surface area (Å²) in [6.45, 7) is 6.73. The Morgan fingerprint density at radius 1 is 1.16 bits per heavy atom. The molecule has 2 fully saturated rings. The zero-order valence-corrected chi connectivity index (χ0v) is 25.6. The van der Waals surface area contributed by atoms with Crippen LogP contribution in [-0.2, 0) is 24.4 Å². The van der Waals surface area contributed by atoms with Gasteiger partial charge in [-0.1, -0.05) is 6.07 Å². The fourth-order valence-electron chi connectivity index (χ4n) is 5.37. The molecule has 1 aromatic carbocycles. The maximum absolute atomic E-state index is 13.2. The number of aryl methyl sites for hydroxylation is 2. The minimum Gasteiger partial charge on any atom is -0.486 e. The first-order valence-corrected chi connectivity index (χ1v) is 15.4. The van der Waals surface area contributed by atoms with Crippen LogP contribution >= 0.6 is 0 Å². The second-order valence-electron chi connectivity index (χ2n) is 11.6. The van der Waals surface area contributed by atoms with Gasteiger partial charge in [-0.05, 0) is 74.4 Å². The number of oxazole rings is 1. The molecule has 1 saturated carbocycles. The first kappa shape index (κ1) is 31.3. The molecule has 5 rings (SSSR count). The van der Waals surface area contributed by atoms with Gasteiger partial charge in [0.15, 0.2) is 12.2 Å². The summed E-state index contributed by atoms with van der Waals surface area (Å²) in [6, 6.07) is 9.67. The van der Waals surface area contributed by atoms with E-state index in [-0.39, 0.29) is 25.0 Å². The van der Waals surface area contributed by atoms with Crippen LogP contribution in [0.3, 0.4) is 0 Å². The van der Waals surface area contributed by atoms with E-state index in [4.69, 9.17) is 19.9 Å². The van der Waals surface area contributed by atoms with E-state index in [1.807, 2.05) is 30.0 Å². The summed E-state index contributed by atoms with van der Waals surface area (Å²) in [5, 5.41) is 17.1. The molecule has 12 heteroatoms. The van der Waals surface area contributed by atoms with Crippen molar-refractivity contribution in [3.05, 3.63) is 64.9 Å². The SMILES string of the molecule is CC(=O)N1CCN(c2cc(C(=O)NC[C@@H](O)CCc3ccc(OCc4ocnc4C)cc3CN)cc(NC3CCC3)n2)CC1. The van der Waals surface area contributed by atoms with Crippen molar-refractivity contribution in [3.63, 3.8) is 0 Å². The molecule has 44 heavy (non-hydrogen) atoms. The van der Waals surface area contributed by atoms with Crippen LogP contribution in [0.4, 0.5) is 11.6 Å². The molecule has 3 aromatic rings. The lowest BCUT2D eigenvalue weighted by Gasteiger charge is -2.35. The molecule has 0 radical (unpaired) electrons. The van der Waals surface area contributed by atoms with Crippen LogP contribution in [0.1, 0.15) is 65.5 Å². The van der Waals surface area contributed by atoms with Crippen LogP contribution in [0, 0.1) is 6.92 Å². The van der Waals surface area contributed by atoms with Gasteiger partial charge < -0.3 is 40.4 Å².